The summed E-state index contributed by atoms with van der Waals surface area (Å²) in [6.45, 7) is 1.39. The molecule has 0 atom stereocenters. The molecule has 0 aliphatic rings. The number of sulfonamides is 1. The van der Waals surface area contributed by atoms with Gasteiger partial charge in [0.1, 0.15) is 12.4 Å². The first-order valence-electron chi connectivity index (χ1n) is 12.7. The van der Waals surface area contributed by atoms with Crippen LogP contribution in [0.3, 0.4) is 0 Å². The minimum atomic E-state index is -3.59. The first kappa shape index (κ1) is 27.9. The van der Waals surface area contributed by atoms with Crippen LogP contribution in [0.1, 0.15) is 18.4 Å². The normalized spacial score (nSPS) is 11.2. The number of carbonyl (C=O) groups is 1. The van der Waals surface area contributed by atoms with E-state index in [4.69, 9.17) is 14.7 Å². The smallest absolute Gasteiger partial charge is 0.259 e. The molecule has 1 heterocycles. The molecule has 3 aromatic carbocycles. The van der Waals surface area contributed by atoms with Gasteiger partial charge in [-0.25, -0.2) is 13.4 Å². The fourth-order valence-electron chi connectivity index (χ4n) is 4.12. The Morgan fingerprint density at radius 2 is 1.44 bits per heavy atom. The molecular weight excluding hydrogens is 512 g/mol. The van der Waals surface area contributed by atoms with Gasteiger partial charge in [0.15, 0.2) is 0 Å². The van der Waals surface area contributed by atoms with Crippen LogP contribution in [0.25, 0.3) is 22.5 Å². The molecule has 8 nitrogen and oxygen atoms in total. The number of ether oxygens (including phenoxy) is 1. The van der Waals surface area contributed by atoms with Crippen molar-refractivity contribution in [3.05, 3.63) is 103 Å². The van der Waals surface area contributed by atoms with E-state index in [0.29, 0.717) is 26.1 Å². The van der Waals surface area contributed by atoms with Gasteiger partial charge in [0.25, 0.3) is 5.91 Å². The van der Waals surface area contributed by atoms with Gasteiger partial charge >= 0.3 is 0 Å². The molecule has 0 aliphatic carbocycles. The van der Waals surface area contributed by atoms with E-state index in [1.807, 2.05) is 89.8 Å². The lowest BCUT2D eigenvalue weighted by atomic mass is 10.0. The zero-order chi connectivity index (χ0) is 27.5. The minimum Gasteiger partial charge on any atom is -0.372 e. The zero-order valence-electron chi connectivity index (χ0n) is 21.9. The molecular formula is C30H32N4O4S. The van der Waals surface area contributed by atoms with E-state index in [1.165, 1.54) is 0 Å². The van der Waals surface area contributed by atoms with Crippen LogP contribution in [0, 0.1) is 0 Å². The Morgan fingerprint density at radius 3 is 2.05 bits per heavy atom. The van der Waals surface area contributed by atoms with Gasteiger partial charge in [-0.05, 0) is 18.4 Å². The molecule has 1 aromatic heterocycles. The van der Waals surface area contributed by atoms with Gasteiger partial charge in [-0.3, -0.25) is 14.5 Å². The number of nitrogens with one attached hydrogen (secondary N) is 1. The predicted molar refractivity (Wildman–Crippen MR) is 153 cm³/mol. The van der Waals surface area contributed by atoms with Crippen LogP contribution in [-0.2, 0) is 26.1 Å². The molecule has 202 valence electrons. The Bertz CT molecular complexity index is 1450. The van der Waals surface area contributed by atoms with Crippen molar-refractivity contribution in [2.45, 2.75) is 19.4 Å². The number of anilines is 1. The molecule has 9 heteroatoms. The standard InChI is InChI=1S/C30H32N4O4S/c1-39(36,37)33-28(35)23-38-20-12-11-19-34(22-24-13-5-2-6-14-24)27-21-31-29(25-15-7-3-8-16-25)30(32-27)26-17-9-4-10-18-26/h2-10,13-18,21H,11-12,19-20,22-23H2,1H3,(H,33,35). The van der Waals surface area contributed by atoms with Crippen molar-refractivity contribution in [1.29, 1.82) is 0 Å². The molecule has 0 radical (unpaired) electrons. The van der Waals surface area contributed by atoms with Crippen LogP contribution in [0.15, 0.2) is 97.2 Å². The highest BCUT2D eigenvalue weighted by Gasteiger charge is 2.16. The summed E-state index contributed by atoms with van der Waals surface area (Å²) in [5.41, 5.74) is 4.79. The maximum Gasteiger partial charge on any atom is 0.259 e. The third kappa shape index (κ3) is 8.73. The number of aromatic nitrogens is 2. The highest BCUT2D eigenvalue weighted by atomic mass is 32.2. The lowest BCUT2D eigenvalue weighted by Gasteiger charge is -2.25. The van der Waals surface area contributed by atoms with Crippen molar-refractivity contribution in [3.63, 3.8) is 0 Å². The Labute approximate surface area is 229 Å². The Kier molecular flexibility index (Phi) is 9.77. The number of rotatable bonds is 13. The molecule has 0 saturated carbocycles. The van der Waals surface area contributed by atoms with E-state index in [9.17, 15) is 13.2 Å². The number of carbonyl (C=O) groups excluding carboxylic acids is 1. The summed E-state index contributed by atoms with van der Waals surface area (Å²) in [7, 11) is -3.59. The van der Waals surface area contributed by atoms with E-state index < -0.39 is 15.9 Å². The second-order valence-electron chi connectivity index (χ2n) is 9.12. The number of benzene rings is 3. The van der Waals surface area contributed by atoms with Crippen molar-refractivity contribution >= 4 is 21.7 Å². The second-order valence-corrected chi connectivity index (χ2v) is 10.9. The fraction of sp³-hybridized carbons (Fsp3) is 0.233. The van der Waals surface area contributed by atoms with E-state index in [-0.39, 0.29) is 6.61 Å². The molecule has 0 saturated heterocycles. The quantitative estimate of drug-likeness (QED) is 0.244. The first-order chi connectivity index (χ1) is 18.9. The van der Waals surface area contributed by atoms with Gasteiger partial charge in [0.05, 0.1) is 23.8 Å². The Morgan fingerprint density at radius 1 is 0.846 bits per heavy atom. The SMILES string of the molecule is CS(=O)(=O)NC(=O)COCCCCN(Cc1ccccc1)c1cnc(-c2ccccc2)c(-c2ccccc2)n1. The van der Waals surface area contributed by atoms with Gasteiger partial charge in [-0.15, -0.1) is 0 Å². The van der Waals surface area contributed by atoms with Crippen molar-refractivity contribution in [3.8, 4) is 22.5 Å². The topological polar surface area (TPSA) is 101 Å². The lowest BCUT2D eigenvalue weighted by Crippen LogP contribution is -2.32. The lowest BCUT2D eigenvalue weighted by molar-refractivity contribution is -0.123. The third-order valence-corrected chi connectivity index (χ3v) is 6.49. The van der Waals surface area contributed by atoms with E-state index >= 15 is 0 Å². The number of nitrogens with zero attached hydrogens (tertiary/aromatic N) is 3. The minimum absolute atomic E-state index is 0.298. The monoisotopic (exact) mass is 544 g/mol. The number of hydrogen-bond acceptors (Lipinski definition) is 7. The Balaban J connectivity index is 1.51. The van der Waals surface area contributed by atoms with Crippen LogP contribution in [-0.4, -0.2) is 50.3 Å². The summed E-state index contributed by atoms with van der Waals surface area (Å²) in [5, 5.41) is 0. The van der Waals surface area contributed by atoms with Crippen molar-refractivity contribution in [1.82, 2.24) is 14.7 Å². The van der Waals surface area contributed by atoms with Gasteiger partial charge in [-0.1, -0.05) is 91.0 Å². The summed E-state index contributed by atoms with van der Waals surface area (Å²) in [6.07, 6.45) is 4.23. The predicted octanol–water partition coefficient (Wildman–Crippen LogP) is 4.69. The summed E-state index contributed by atoms with van der Waals surface area (Å²) >= 11 is 0. The molecule has 0 spiro atoms. The molecule has 0 unspecified atom stereocenters. The fourth-order valence-corrected chi connectivity index (χ4v) is 4.60. The Hall–Kier alpha value is -4.08. The number of amides is 1. The summed E-state index contributed by atoms with van der Waals surface area (Å²) in [6, 6.07) is 30.3. The van der Waals surface area contributed by atoms with E-state index in [0.717, 1.165) is 46.6 Å². The molecule has 39 heavy (non-hydrogen) atoms. The average Bonchev–Trinajstić information content (AvgIpc) is 2.94. The molecule has 4 aromatic rings. The highest BCUT2D eigenvalue weighted by molar-refractivity contribution is 7.89. The van der Waals surface area contributed by atoms with Crippen molar-refractivity contribution < 1.29 is 17.9 Å². The summed E-state index contributed by atoms with van der Waals surface area (Å²) in [5.74, 6) is 0.0938. The van der Waals surface area contributed by atoms with Crippen LogP contribution < -0.4 is 9.62 Å². The average molecular weight is 545 g/mol. The maximum absolute atomic E-state index is 11.6. The van der Waals surface area contributed by atoms with Gasteiger partial charge < -0.3 is 9.64 Å². The third-order valence-electron chi connectivity index (χ3n) is 5.89. The molecule has 0 aliphatic heterocycles. The van der Waals surface area contributed by atoms with E-state index in [2.05, 4.69) is 17.0 Å². The maximum atomic E-state index is 11.6. The molecule has 1 N–H and O–H groups in total. The highest BCUT2D eigenvalue weighted by Crippen LogP contribution is 2.31. The van der Waals surface area contributed by atoms with Crippen LogP contribution >= 0.6 is 0 Å². The number of hydrogen-bond donors (Lipinski definition) is 1. The summed E-state index contributed by atoms with van der Waals surface area (Å²) < 4.78 is 29.6. The van der Waals surface area contributed by atoms with Crippen molar-refractivity contribution in [2.24, 2.45) is 0 Å². The van der Waals surface area contributed by atoms with Crippen LogP contribution in [0.2, 0.25) is 0 Å². The van der Waals surface area contributed by atoms with Crippen LogP contribution in [0.5, 0.6) is 0 Å². The van der Waals surface area contributed by atoms with Gasteiger partial charge in [0, 0.05) is 30.8 Å². The molecule has 4 rings (SSSR count). The molecule has 0 fully saturated rings. The van der Waals surface area contributed by atoms with E-state index in [1.54, 1.807) is 0 Å². The van der Waals surface area contributed by atoms with Gasteiger partial charge in [0.2, 0.25) is 10.0 Å². The largest absolute Gasteiger partial charge is 0.372 e. The van der Waals surface area contributed by atoms with Crippen LogP contribution in [0.4, 0.5) is 5.82 Å². The molecule has 1 amide bonds. The second kappa shape index (κ2) is 13.6. The van der Waals surface area contributed by atoms with Crippen molar-refractivity contribution in [2.75, 3.05) is 30.9 Å². The van der Waals surface area contributed by atoms with Gasteiger partial charge in [-0.2, -0.15) is 0 Å². The summed E-state index contributed by atoms with van der Waals surface area (Å²) in [4.78, 5) is 23.8. The molecule has 0 bridgehead atoms. The first-order valence-corrected chi connectivity index (χ1v) is 14.6. The zero-order valence-corrected chi connectivity index (χ0v) is 22.7. The number of unbranched alkanes of at least 4 members (excludes halogenated alkanes) is 1.